The Hall–Kier alpha value is -2.04. The molecule has 1 atom stereocenters. The number of nitrogens with zero attached hydrogens (tertiary/aromatic N) is 2. The molecular formula is C18H19ClN2O2. The Labute approximate surface area is 140 Å². The number of hydrogen-bond acceptors (Lipinski definition) is 3. The molecule has 1 heterocycles. The number of ether oxygens (including phenoxy) is 1. The molecule has 1 unspecified atom stereocenters. The number of aryl methyl sites for hydroxylation is 1. The average molecular weight is 331 g/mol. The fourth-order valence-corrected chi connectivity index (χ4v) is 2.71. The molecule has 0 aliphatic rings. The molecule has 3 aromatic rings. The second-order valence-corrected chi connectivity index (χ2v) is 5.84. The Balaban J connectivity index is 1.70. The highest BCUT2D eigenvalue weighted by molar-refractivity contribution is 6.30. The summed E-state index contributed by atoms with van der Waals surface area (Å²) in [6, 6.07) is 15.1. The first-order valence-electron chi connectivity index (χ1n) is 7.68. The van der Waals surface area contributed by atoms with Gasteiger partial charge in [-0.1, -0.05) is 30.7 Å². The maximum Gasteiger partial charge on any atom is 0.119 e. The smallest absolute Gasteiger partial charge is 0.119 e. The zero-order chi connectivity index (χ0) is 16.2. The minimum atomic E-state index is -0.617. The number of fused-ring (bicyclic) bond motifs is 1. The largest absolute Gasteiger partial charge is 0.491 e. The predicted molar refractivity (Wildman–Crippen MR) is 92.1 cm³/mol. The molecule has 2 aromatic carbocycles. The molecule has 0 aliphatic carbocycles. The van der Waals surface area contributed by atoms with Gasteiger partial charge in [0.1, 0.15) is 24.3 Å². The van der Waals surface area contributed by atoms with Gasteiger partial charge in [0.2, 0.25) is 0 Å². The van der Waals surface area contributed by atoms with Crippen LogP contribution in [-0.2, 0) is 13.0 Å². The average Bonchev–Trinajstić information content (AvgIpc) is 2.92. The third kappa shape index (κ3) is 3.66. The van der Waals surface area contributed by atoms with Crippen LogP contribution in [0, 0.1) is 0 Å². The zero-order valence-electron chi connectivity index (χ0n) is 12.9. The number of aromatic nitrogens is 2. The highest BCUT2D eigenvalue weighted by Gasteiger charge is 2.13. The van der Waals surface area contributed by atoms with Gasteiger partial charge in [0.05, 0.1) is 17.6 Å². The first-order chi connectivity index (χ1) is 11.2. The molecule has 1 N–H and O–H groups in total. The van der Waals surface area contributed by atoms with Crippen LogP contribution < -0.4 is 4.74 Å². The lowest BCUT2D eigenvalue weighted by molar-refractivity contribution is 0.0927. The van der Waals surface area contributed by atoms with Crippen LogP contribution in [0.3, 0.4) is 0 Å². The van der Waals surface area contributed by atoms with Gasteiger partial charge in [0.15, 0.2) is 0 Å². The minimum absolute atomic E-state index is 0.220. The topological polar surface area (TPSA) is 47.3 Å². The molecular weight excluding hydrogens is 312 g/mol. The van der Waals surface area contributed by atoms with Crippen molar-refractivity contribution < 1.29 is 9.84 Å². The first kappa shape index (κ1) is 15.8. The summed E-state index contributed by atoms with van der Waals surface area (Å²) in [5, 5.41) is 11.0. The monoisotopic (exact) mass is 330 g/mol. The summed E-state index contributed by atoms with van der Waals surface area (Å²) >= 11 is 5.84. The van der Waals surface area contributed by atoms with Crippen LogP contribution in [0.25, 0.3) is 11.0 Å². The molecule has 3 rings (SSSR count). The van der Waals surface area contributed by atoms with Crippen molar-refractivity contribution in [3.63, 3.8) is 0 Å². The molecule has 23 heavy (non-hydrogen) atoms. The SMILES string of the molecule is CCc1nc2ccccc2n1CC(O)COc1ccc(Cl)cc1. The van der Waals surface area contributed by atoms with Gasteiger partial charge in [-0.25, -0.2) is 4.98 Å². The Morgan fingerprint density at radius 2 is 1.91 bits per heavy atom. The summed E-state index contributed by atoms with van der Waals surface area (Å²) < 4.78 is 7.68. The van der Waals surface area contributed by atoms with Gasteiger partial charge in [-0.2, -0.15) is 0 Å². The van der Waals surface area contributed by atoms with Crippen LogP contribution in [0.2, 0.25) is 5.02 Å². The highest BCUT2D eigenvalue weighted by atomic mass is 35.5. The Kier molecular flexibility index (Phi) is 4.84. The molecule has 0 aliphatic heterocycles. The second kappa shape index (κ2) is 7.02. The number of rotatable bonds is 6. The molecule has 0 amide bonds. The maximum absolute atomic E-state index is 10.3. The first-order valence-corrected chi connectivity index (χ1v) is 8.05. The lowest BCUT2D eigenvalue weighted by atomic mass is 10.3. The van der Waals surface area contributed by atoms with E-state index in [1.807, 2.05) is 24.3 Å². The fourth-order valence-electron chi connectivity index (χ4n) is 2.59. The van der Waals surface area contributed by atoms with E-state index in [0.717, 1.165) is 23.3 Å². The standard InChI is InChI=1S/C18H19ClN2O2/c1-2-18-20-16-5-3-4-6-17(16)21(18)11-14(22)12-23-15-9-7-13(19)8-10-15/h3-10,14,22H,2,11-12H2,1H3. The number of aliphatic hydroxyl groups is 1. The molecule has 1 aromatic heterocycles. The maximum atomic E-state index is 10.3. The molecule has 0 fully saturated rings. The zero-order valence-corrected chi connectivity index (χ0v) is 13.7. The van der Waals surface area contributed by atoms with Gasteiger partial charge >= 0.3 is 0 Å². The van der Waals surface area contributed by atoms with Crippen molar-refractivity contribution in [2.45, 2.75) is 26.0 Å². The van der Waals surface area contributed by atoms with E-state index >= 15 is 0 Å². The summed E-state index contributed by atoms with van der Waals surface area (Å²) in [5.74, 6) is 1.66. The van der Waals surface area contributed by atoms with Crippen LogP contribution in [-0.4, -0.2) is 27.4 Å². The van der Waals surface area contributed by atoms with Crippen molar-refractivity contribution in [3.05, 3.63) is 59.4 Å². The normalized spacial score (nSPS) is 12.5. The fraction of sp³-hybridized carbons (Fsp3) is 0.278. The lowest BCUT2D eigenvalue weighted by Crippen LogP contribution is -2.24. The molecule has 0 radical (unpaired) electrons. The quantitative estimate of drug-likeness (QED) is 0.749. The van der Waals surface area contributed by atoms with Crippen molar-refractivity contribution in [1.29, 1.82) is 0 Å². The van der Waals surface area contributed by atoms with Crippen LogP contribution in [0.15, 0.2) is 48.5 Å². The van der Waals surface area contributed by atoms with E-state index in [0.29, 0.717) is 17.3 Å². The van der Waals surface area contributed by atoms with E-state index in [-0.39, 0.29) is 6.61 Å². The number of benzene rings is 2. The van der Waals surface area contributed by atoms with Gasteiger partial charge in [0.25, 0.3) is 0 Å². The Morgan fingerprint density at radius 3 is 2.65 bits per heavy atom. The summed E-state index contributed by atoms with van der Waals surface area (Å²) in [6.45, 7) is 2.74. The summed E-state index contributed by atoms with van der Waals surface area (Å²) in [4.78, 5) is 4.61. The summed E-state index contributed by atoms with van der Waals surface area (Å²) in [6.07, 6.45) is 0.202. The second-order valence-electron chi connectivity index (χ2n) is 5.40. The third-order valence-corrected chi connectivity index (χ3v) is 3.95. The summed E-state index contributed by atoms with van der Waals surface area (Å²) in [5.41, 5.74) is 1.99. The van der Waals surface area contributed by atoms with Crippen LogP contribution in [0.5, 0.6) is 5.75 Å². The van der Waals surface area contributed by atoms with Crippen LogP contribution >= 0.6 is 11.6 Å². The number of imidazole rings is 1. The Bertz CT molecular complexity index is 783. The summed E-state index contributed by atoms with van der Waals surface area (Å²) in [7, 11) is 0. The van der Waals surface area contributed by atoms with Crippen molar-refractivity contribution in [2.24, 2.45) is 0 Å². The van der Waals surface area contributed by atoms with Crippen LogP contribution in [0.4, 0.5) is 0 Å². The minimum Gasteiger partial charge on any atom is -0.491 e. The van der Waals surface area contributed by atoms with E-state index in [1.165, 1.54) is 0 Å². The molecule has 120 valence electrons. The number of para-hydroxylation sites is 2. The predicted octanol–water partition coefficient (Wildman–Crippen LogP) is 3.69. The van der Waals surface area contributed by atoms with Gasteiger partial charge in [0, 0.05) is 11.4 Å². The lowest BCUT2D eigenvalue weighted by Gasteiger charge is -2.15. The highest BCUT2D eigenvalue weighted by Crippen LogP contribution is 2.18. The van der Waals surface area contributed by atoms with Gasteiger partial charge in [-0.3, -0.25) is 0 Å². The van der Waals surface area contributed by atoms with E-state index in [2.05, 4.69) is 16.5 Å². The van der Waals surface area contributed by atoms with E-state index in [1.54, 1.807) is 24.3 Å². The molecule has 5 heteroatoms. The van der Waals surface area contributed by atoms with Crippen molar-refractivity contribution in [2.75, 3.05) is 6.61 Å². The van der Waals surface area contributed by atoms with Crippen molar-refractivity contribution in [1.82, 2.24) is 9.55 Å². The van der Waals surface area contributed by atoms with E-state index in [4.69, 9.17) is 16.3 Å². The third-order valence-electron chi connectivity index (χ3n) is 3.70. The number of aliphatic hydroxyl groups excluding tert-OH is 1. The molecule has 0 saturated carbocycles. The van der Waals surface area contributed by atoms with Gasteiger partial charge < -0.3 is 14.4 Å². The molecule has 0 bridgehead atoms. The van der Waals surface area contributed by atoms with E-state index < -0.39 is 6.10 Å². The number of halogens is 1. The van der Waals surface area contributed by atoms with E-state index in [9.17, 15) is 5.11 Å². The molecule has 4 nitrogen and oxygen atoms in total. The van der Waals surface area contributed by atoms with Gasteiger partial charge in [-0.05, 0) is 36.4 Å². The van der Waals surface area contributed by atoms with Gasteiger partial charge in [-0.15, -0.1) is 0 Å². The Morgan fingerprint density at radius 1 is 1.17 bits per heavy atom. The molecule has 0 saturated heterocycles. The van der Waals surface area contributed by atoms with Crippen molar-refractivity contribution in [3.8, 4) is 5.75 Å². The van der Waals surface area contributed by atoms with Crippen LogP contribution in [0.1, 0.15) is 12.7 Å². The van der Waals surface area contributed by atoms with Crippen molar-refractivity contribution >= 4 is 22.6 Å². The number of hydrogen-bond donors (Lipinski definition) is 1. The molecule has 0 spiro atoms.